The van der Waals surface area contributed by atoms with Gasteiger partial charge in [0.15, 0.2) is 0 Å². The average Bonchev–Trinajstić information content (AvgIpc) is 3.06. The lowest BCUT2D eigenvalue weighted by Crippen LogP contribution is -2.67. The van der Waals surface area contributed by atoms with E-state index in [9.17, 15) is 4.79 Å². The van der Waals surface area contributed by atoms with Crippen LogP contribution in [-0.2, 0) is 4.79 Å². The van der Waals surface area contributed by atoms with Crippen LogP contribution in [-0.4, -0.2) is 60.1 Å². The summed E-state index contributed by atoms with van der Waals surface area (Å²) in [5, 5.41) is 6.18. The fraction of sp³-hybridized carbons (Fsp3) is 0.941. The van der Waals surface area contributed by atoms with Gasteiger partial charge < -0.3 is 5.32 Å². The number of piperidine rings is 1. The zero-order valence-electron chi connectivity index (χ0n) is 14.0. The molecule has 1 spiro atoms. The maximum atomic E-state index is 12.3. The predicted octanol–water partition coefficient (Wildman–Crippen LogP) is 0.964. The Morgan fingerprint density at radius 1 is 1.36 bits per heavy atom. The molecule has 124 valence electrons. The zero-order chi connectivity index (χ0) is 15.3. The summed E-state index contributed by atoms with van der Waals surface area (Å²) in [5.74, 6) is 1.46. The average molecular weight is 306 g/mol. The van der Waals surface area contributed by atoms with Gasteiger partial charge in [-0.05, 0) is 51.7 Å². The van der Waals surface area contributed by atoms with Crippen LogP contribution in [0.5, 0.6) is 0 Å². The molecular formula is C17H30N4O. The minimum absolute atomic E-state index is 0.198. The standard InChI is InChI=1S/C17H30N4O/c1-3-15-14-10-13(22)9-12-11-18-7-6-17(12,14)21(19-15)16-5-4-8-20(16)2/h12,14-16,18-19H,3-11H2,1-2H3. The highest BCUT2D eigenvalue weighted by Gasteiger charge is 2.62. The monoisotopic (exact) mass is 306 g/mol. The molecule has 2 N–H and O–H groups in total. The Bertz CT molecular complexity index is 456. The summed E-state index contributed by atoms with van der Waals surface area (Å²) in [6.07, 6.45) is 6.91. The molecule has 1 aliphatic carbocycles. The first-order chi connectivity index (χ1) is 10.7. The van der Waals surface area contributed by atoms with E-state index >= 15 is 0 Å². The van der Waals surface area contributed by atoms with E-state index in [1.165, 1.54) is 25.8 Å². The molecule has 1 saturated carbocycles. The topological polar surface area (TPSA) is 47.6 Å². The summed E-state index contributed by atoms with van der Waals surface area (Å²) >= 11 is 0. The molecule has 22 heavy (non-hydrogen) atoms. The number of carbonyl (C=O) groups is 1. The van der Waals surface area contributed by atoms with Crippen LogP contribution in [0.2, 0.25) is 0 Å². The first-order valence-corrected chi connectivity index (χ1v) is 9.15. The Labute approximate surface area is 133 Å². The quantitative estimate of drug-likeness (QED) is 0.796. The second-order valence-corrected chi connectivity index (χ2v) is 7.81. The van der Waals surface area contributed by atoms with Crippen LogP contribution >= 0.6 is 0 Å². The molecule has 3 saturated heterocycles. The van der Waals surface area contributed by atoms with Crippen LogP contribution in [0.3, 0.4) is 0 Å². The van der Waals surface area contributed by atoms with Crippen molar-refractivity contribution in [3.05, 3.63) is 0 Å². The first kappa shape index (κ1) is 15.1. The molecule has 5 heteroatoms. The predicted molar refractivity (Wildman–Crippen MR) is 86.1 cm³/mol. The molecule has 0 aromatic carbocycles. The third kappa shape index (κ3) is 2.02. The van der Waals surface area contributed by atoms with E-state index in [-0.39, 0.29) is 5.54 Å². The fourth-order valence-corrected chi connectivity index (χ4v) is 5.80. The number of likely N-dealkylation sites (tertiary alicyclic amines) is 1. The molecule has 0 bridgehead atoms. The molecule has 4 aliphatic rings. The van der Waals surface area contributed by atoms with Crippen molar-refractivity contribution in [1.29, 1.82) is 0 Å². The Morgan fingerprint density at radius 3 is 2.95 bits per heavy atom. The largest absolute Gasteiger partial charge is 0.316 e. The highest BCUT2D eigenvalue weighted by atomic mass is 16.1. The fourth-order valence-electron chi connectivity index (χ4n) is 5.80. The number of rotatable bonds is 2. The Hall–Kier alpha value is -0.490. The van der Waals surface area contributed by atoms with Gasteiger partial charge in [-0.2, -0.15) is 0 Å². The number of hydrogen-bond donors (Lipinski definition) is 2. The minimum atomic E-state index is 0.198. The van der Waals surface area contributed by atoms with Gasteiger partial charge in [0.05, 0.1) is 6.17 Å². The number of nitrogens with zero attached hydrogens (tertiary/aromatic N) is 2. The molecule has 5 nitrogen and oxygen atoms in total. The van der Waals surface area contributed by atoms with Gasteiger partial charge >= 0.3 is 0 Å². The molecule has 0 amide bonds. The van der Waals surface area contributed by atoms with Crippen molar-refractivity contribution in [1.82, 2.24) is 20.7 Å². The molecule has 4 rings (SSSR count). The molecule has 5 unspecified atom stereocenters. The summed E-state index contributed by atoms with van der Waals surface area (Å²) in [6.45, 7) is 5.56. The van der Waals surface area contributed by atoms with Gasteiger partial charge in [0.1, 0.15) is 5.78 Å². The zero-order valence-corrected chi connectivity index (χ0v) is 14.0. The molecule has 0 aromatic rings. The van der Waals surface area contributed by atoms with Gasteiger partial charge in [0, 0.05) is 36.9 Å². The first-order valence-electron chi connectivity index (χ1n) is 9.15. The van der Waals surface area contributed by atoms with Crippen LogP contribution < -0.4 is 10.7 Å². The van der Waals surface area contributed by atoms with E-state index in [1.54, 1.807) is 0 Å². The van der Waals surface area contributed by atoms with E-state index in [0.29, 0.717) is 29.8 Å². The number of carbonyl (C=O) groups excluding carboxylic acids is 1. The highest BCUT2D eigenvalue weighted by molar-refractivity contribution is 5.80. The number of hydrazine groups is 1. The van der Waals surface area contributed by atoms with Crippen LogP contribution in [0, 0.1) is 11.8 Å². The summed E-state index contributed by atoms with van der Waals surface area (Å²) in [4.78, 5) is 14.8. The van der Waals surface area contributed by atoms with Crippen molar-refractivity contribution in [2.45, 2.75) is 63.2 Å². The minimum Gasteiger partial charge on any atom is -0.316 e. The lowest BCUT2D eigenvalue weighted by atomic mass is 9.61. The van der Waals surface area contributed by atoms with Crippen molar-refractivity contribution in [3.8, 4) is 0 Å². The van der Waals surface area contributed by atoms with Crippen LogP contribution in [0.25, 0.3) is 0 Å². The van der Waals surface area contributed by atoms with E-state index in [0.717, 1.165) is 32.4 Å². The Kier molecular flexibility index (Phi) is 3.80. The van der Waals surface area contributed by atoms with Gasteiger partial charge in [-0.15, -0.1) is 0 Å². The van der Waals surface area contributed by atoms with Crippen molar-refractivity contribution in [2.75, 3.05) is 26.7 Å². The second kappa shape index (κ2) is 5.55. The third-order valence-electron chi connectivity index (χ3n) is 6.82. The number of hydrogen-bond acceptors (Lipinski definition) is 5. The van der Waals surface area contributed by atoms with Gasteiger partial charge in [0.25, 0.3) is 0 Å². The van der Waals surface area contributed by atoms with Crippen LogP contribution in [0.4, 0.5) is 0 Å². The van der Waals surface area contributed by atoms with Crippen molar-refractivity contribution in [3.63, 3.8) is 0 Å². The Balaban J connectivity index is 1.73. The third-order valence-corrected chi connectivity index (χ3v) is 6.82. The number of nitrogens with one attached hydrogen (secondary N) is 2. The van der Waals surface area contributed by atoms with E-state index in [1.807, 2.05) is 0 Å². The maximum Gasteiger partial charge on any atom is 0.133 e. The van der Waals surface area contributed by atoms with Crippen molar-refractivity contribution >= 4 is 5.78 Å². The normalized spacial score (nSPS) is 46.7. The SMILES string of the molecule is CCC1NN(C2CCCN2C)C23CCNCC2CC(=O)CC13. The van der Waals surface area contributed by atoms with E-state index < -0.39 is 0 Å². The maximum absolute atomic E-state index is 12.3. The summed E-state index contributed by atoms with van der Waals surface area (Å²) < 4.78 is 0. The second-order valence-electron chi connectivity index (χ2n) is 7.81. The molecular weight excluding hydrogens is 276 g/mol. The van der Waals surface area contributed by atoms with Gasteiger partial charge in [-0.1, -0.05) is 6.92 Å². The highest BCUT2D eigenvalue weighted by Crippen LogP contribution is 2.51. The summed E-state index contributed by atoms with van der Waals surface area (Å²) in [5.41, 5.74) is 4.07. The van der Waals surface area contributed by atoms with Crippen molar-refractivity contribution < 1.29 is 4.79 Å². The van der Waals surface area contributed by atoms with E-state index in [4.69, 9.17) is 0 Å². The lowest BCUT2D eigenvalue weighted by Gasteiger charge is -2.54. The van der Waals surface area contributed by atoms with Gasteiger partial charge in [0.2, 0.25) is 0 Å². The van der Waals surface area contributed by atoms with Crippen LogP contribution in [0.15, 0.2) is 0 Å². The van der Waals surface area contributed by atoms with Crippen LogP contribution in [0.1, 0.15) is 45.4 Å². The van der Waals surface area contributed by atoms with Gasteiger partial charge in [-0.3, -0.25) is 9.69 Å². The number of Topliss-reactive ketones (excluding diaryl/α,β-unsaturated/α-hetero) is 1. The molecule has 4 fully saturated rings. The molecule has 3 heterocycles. The van der Waals surface area contributed by atoms with Crippen molar-refractivity contribution in [2.24, 2.45) is 11.8 Å². The smallest absolute Gasteiger partial charge is 0.133 e. The number of ketones is 1. The summed E-state index contributed by atoms with van der Waals surface area (Å²) in [6, 6.07) is 0.471. The molecule has 5 atom stereocenters. The summed E-state index contributed by atoms with van der Waals surface area (Å²) in [7, 11) is 2.26. The van der Waals surface area contributed by atoms with Gasteiger partial charge in [-0.25, -0.2) is 10.4 Å². The van der Waals surface area contributed by atoms with E-state index in [2.05, 4.69) is 34.6 Å². The molecule has 0 aromatic heterocycles. The molecule has 0 radical (unpaired) electrons. The lowest BCUT2D eigenvalue weighted by molar-refractivity contribution is -0.135. The Morgan fingerprint density at radius 2 is 2.23 bits per heavy atom. The molecule has 3 aliphatic heterocycles.